The molecule has 172 valence electrons. The minimum Gasteiger partial charge on any atom is -0.434 e. The van der Waals surface area contributed by atoms with Crippen molar-refractivity contribution >= 4 is 17.5 Å². The standard InChI is InChI=1S/C21H19F5N2O4/c22-20(23)31-17-9-2-1-8-16(17)19(30)28-10-4-5-13(12-28)18(29)27-14-6-3-7-15(11-14)32-21(24,25)26/h1-3,6-9,11,13,20H,4-5,10,12H2,(H,27,29). The van der Waals surface area contributed by atoms with E-state index in [-0.39, 0.29) is 23.5 Å². The minimum atomic E-state index is -4.86. The quantitative estimate of drug-likeness (QED) is 0.639. The maximum Gasteiger partial charge on any atom is 0.573 e. The Balaban J connectivity index is 1.67. The summed E-state index contributed by atoms with van der Waals surface area (Å²) >= 11 is 0. The Morgan fingerprint density at radius 2 is 1.84 bits per heavy atom. The summed E-state index contributed by atoms with van der Waals surface area (Å²) < 4.78 is 70.7. The van der Waals surface area contributed by atoms with Gasteiger partial charge in [0.1, 0.15) is 11.5 Å². The minimum absolute atomic E-state index is 0.0203. The van der Waals surface area contributed by atoms with Gasteiger partial charge in [-0.3, -0.25) is 9.59 Å². The Hall–Kier alpha value is -3.37. The molecule has 0 spiro atoms. The molecule has 2 amide bonds. The topological polar surface area (TPSA) is 67.9 Å². The zero-order valence-electron chi connectivity index (χ0n) is 16.6. The van der Waals surface area contributed by atoms with Crippen LogP contribution in [0.5, 0.6) is 11.5 Å². The molecule has 11 heteroatoms. The van der Waals surface area contributed by atoms with Crippen molar-refractivity contribution in [2.24, 2.45) is 5.92 Å². The molecule has 32 heavy (non-hydrogen) atoms. The van der Waals surface area contributed by atoms with E-state index in [0.29, 0.717) is 19.4 Å². The molecule has 1 heterocycles. The van der Waals surface area contributed by atoms with Gasteiger partial charge in [-0.25, -0.2) is 0 Å². The van der Waals surface area contributed by atoms with E-state index in [9.17, 15) is 31.5 Å². The van der Waals surface area contributed by atoms with Crippen molar-refractivity contribution < 1.29 is 41.0 Å². The molecular formula is C21H19F5N2O4. The third-order valence-electron chi connectivity index (χ3n) is 4.75. The summed E-state index contributed by atoms with van der Waals surface area (Å²) in [4.78, 5) is 26.9. The van der Waals surface area contributed by atoms with Crippen LogP contribution in [0.4, 0.5) is 27.6 Å². The lowest BCUT2D eigenvalue weighted by Crippen LogP contribution is -2.43. The smallest absolute Gasteiger partial charge is 0.434 e. The molecule has 3 rings (SSSR count). The van der Waals surface area contributed by atoms with Gasteiger partial charge in [-0.2, -0.15) is 8.78 Å². The molecule has 1 atom stereocenters. The number of likely N-dealkylation sites (tertiary alicyclic amines) is 1. The SMILES string of the molecule is O=C(Nc1cccc(OC(F)(F)F)c1)C1CCCN(C(=O)c2ccccc2OC(F)F)C1. The van der Waals surface area contributed by atoms with Crippen LogP contribution in [-0.4, -0.2) is 42.8 Å². The first-order valence-corrected chi connectivity index (χ1v) is 9.62. The van der Waals surface area contributed by atoms with Crippen molar-refractivity contribution in [2.45, 2.75) is 25.8 Å². The normalized spacial score (nSPS) is 16.6. The summed E-state index contributed by atoms with van der Waals surface area (Å²) in [5, 5.41) is 2.53. The van der Waals surface area contributed by atoms with Crippen molar-refractivity contribution in [2.75, 3.05) is 18.4 Å². The Labute approximate surface area is 179 Å². The molecule has 0 saturated carbocycles. The molecule has 0 aliphatic carbocycles. The monoisotopic (exact) mass is 458 g/mol. The maximum atomic E-state index is 12.9. The van der Waals surface area contributed by atoms with E-state index in [1.54, 1.807) is 0 Å². The van der Waals surface area contributed by atoms with Crippen LogP contribution in [0.2, 0.25) is 0 Å². The number of hydrogen-bond acceptors (Lipinski definition) is 4. The van der Waals surface area contributed by atoms with Gasteiger partial charge in [0.15, 0.2) is 0 Å². The van der Waals surface area contributed by atoms with E-state index in [2.05, 4.69) is 14.8 Å². The number of halogens is 5. The fourth-order valence-electron chi connectivity index (χ4n) is 3.40. The van der Waals surface area contributed by atoms with Gasteiger partial charge in [-0.15, -0.1) is 13.2 Å². The number of benzene rings is 2. The van der Waals surface area contributed by atoms with Gasteiger partial charge in [0, 0.05) is 24.8 Å². The zero-order valence-corrected chi connectivity index (χ0v) is 16.6. The number of anilines is 1. The summed E-state index contributed by atoms with van der Waals surface area (Å²) in [6.07, 6.45) is -3.93. The van der Waals surface area contributed by atoms with Crippen molar-refractivity contribution in [3.05, 3.63) is 54.1 Å². The van der Waals surface area contributed by atoms with Crippen LogP contribution in [0.3, 0.4) is 0 Å². The van der Waals surface area contributed by atoms with E-state index in [0.717, 1.165) is 12.1 Å². The van der Waals surface area contributed by atoms with Gasteiger partial charge in [0.05, 0.1) is 11.5 Å². The molecule has 2 aromatic carbocycles. The van der Waals surface area contributed by atoms with Crippen LogP contribution in [0.1, 0.15) is 23.2 Å². The van der Waals surface area contributed by atoms with Gasteiger partial charge in [0.2, 0.25) is 5.91 Å². The lowest BCUT2D eigenvalue weighted by molar-refractivity contribution is -0.274. The number of carbonyl (C=O) groups is 2. The Morgan fingerprint density at radius 1 is 1.09 bits per heavy atom. The second-order valence-electron chi connectivity index (χ2n) is 7.03. The maximum absolute atomic E-state index is 12.9. The lowest BCUT2D eigenvalue weighted by atomic mass is 9.96. The first-order chi connectivity index (χ1) is 15.1. The molecule has 1 unspecified atom stereocenters. The van der Waals surface area contributed by atoms with E-state index >= 15 is 0 Å². The number of para-hydroxylation sites is 1. The highest BCUT2D eigenvalue weighted by molar-refractivity contribution is 5.98. The van der Waals surface area contributed by atoms with Crippen LogP contribution < -0.4 is 14.8 Å². The fraction of sp³-hybridized carbons (Fsp3) is 0.333. The molecule has 0 radical (unpaired) electrons. The number of nitrogens with zero attached hydrogens (tertiary/aromatic N) is 1. The molecule has 6 nitrogen and oxygen atoms in total. The van der Waals surface area contributed by atoms with Crippen LogP contribution in [-0.2, 0) is 4.79 Å². The molecule has 2 aromatic rings. The number of nitrogens with one attached hydrogen (secondary N) is 1. The first kappa shape index (κ1) is 23.3. The van der Waals surface area contributed by atoms with Crippen molar-refractivity contribution in [3.8, 4) is 11.5 Å². The van der Waals surface area contributed by atoms with Gasteiger partial charge in [0.25, 0.3) is 5.91 Å². The van der Waals surface area contributed by atoms with Gasteiger partial charge >= 0.3 is 13.0 Å². The summed E-state index contributed by atoms with van der Waals surface area (Å²) in [7, 11) is 0. The number of ether oxygens (including phenoxy) is 2. The summed E-state index contributed by atoms with van der Waals surface area (Å²) in [6.45, 7) is -2.76. The van der Waals surface area contributed by atoms with Gasteiger partial charge in [-0.1, -0.05) is 18.2 Å². The highest BCUT2D eigenvalue weighted by atomic mass is 19.4. The molecule has 1 N–H and O–H groups in total. The number of rotatable bonds is 6. The van der Waals surface area contributed by atoms with E-state index in [1.165, 1.54) is 41.3 Å². The first-order valence-electron chi connectivity index (χ1n) is 9.62. The largest absolute Gasteiger partial charge is 0.573 e. The summed E-state index contributed by atoms with van der Waals surface area (Å²) in [5.74, 6) is -2.42. The third-order valence-corrected chi connectivity index (χ3v) is 4.75. The zero-order chi connectivity index (χ0) is 23.3. The summed E-state index contributed by atoms with van der Waals surface area (Å²) in [6, 6.07) is 10.4. The number of alkyl halides is 5. The predicted molar refractivity (Wildman–Crippen MR) is 103 cm³/mol. The third kappa shape index (κ3) is 6.32. The number of carbonyl (C=O) groups excluding carboxylic acids is 2. The second-order valence-corrected chi connectivity index (χ2v) is 7.03. The van der Waals surface area contributed by atoms with E-state index in [1.807, 2.05) is 0 Å². The van der Waals surface area contributed by atoms with Crippen LogP contribution in [0.15, 0.2) is 48.5 Å². The molecule has 0 bridgehead atoms. The Bertz CT molecular complexity index is 967. The van der Waals surface area contributed by atoms with Crippen LogP contribution in [0.25, 0.3) is 0 Å². The number of hydrogen-bond donors (Lipinski definition) is 1. The second kappa shape index (κ2) is 9.84. The average Bonchev–Trinajstić information content (AvgIpc) is 2.72. The highest BCUT2D eigenvalue weighted by Crippen LogP contribution is 2.27. The molecule has 1 aliphatic heterocycles. The molecule has 1 saturated heterocycles. The average molecular weight is 458 g/mol. The van der Waals surface area contributed by atoms with Crippen molar-refractivity contribution in [1.82, 2.24) is 4.90 Å². The highest BCUT2D eigenvalue weighted by Gasteiger charge is 2.32. The van der Waals surface area contributed by atoms with E-state index < -0.39 is 36.5 Å². The summed E-state index contributed by atoms with van der Waals surface area (Å²) in [5.41, 5.74) is 0.0572. The predicted octanol–water partition coefficient (Wildman–Crippen LogP) is 4.68. The Kier molecular flexibility index (Phi) is 7.16. The molecular weight excluding hydrogens is 439 g/mol. The van der Waals surface area contributed by atoms with Crippen LogP contribution in [0, 0.1) is 5.92 Å². The molecule has 1 aliphatic rings. The fourth-order valence-corrected chi connectivity index (χ4v) is 3.40. The van der Waals surface area contributed by atoms with Crippen molar-refractivity contribution in [3.63, 3.8) is 0 Å². The molecule has 0 aromatic heterocycles. The lowest BCUT2D eigenvalue weighted by Gasteiger charge is -2.32. The number of amides is 2. The van der Waals surface area contributed by atoms with Gasteiger partial charge < -0.3 is 19.7 Å². The number of piperidine rings is 1. The van der Waals surface area contributed by atoms with Gasteiger partial charge in [-0.05, 0) is 37.1 Å². The van der Waals surface area contributed by atoms with E-state index in [4.69, 9.17) is 0 Å². The van der Waals surface area contributed by atoms with Crippen molar-refractivity contribution in [1.29, 1.82) is 0 Å². The molecule has 1 fully saturated rings. The Morgan fingerprint density at radius 3 is 2.56 bits per heavy atom. The van der Waals surface area contributed by atoms with Crippen LogP contribution >= 0.6 is 0 Å².